The van der Waals surface area contributed by atoms with E-state index in [-0.39, 0.29) is 42.3 Å². The molecule has 3 aliphatic carbocycles. The van der Waals surface area contributed by atoms with Crippen molar-refractivity contribution >= 4 is 17.5 Å². The summed E-state index contributed by atoms with van der Waals surface area (Å²) < 4.78 is 5.33. The maximum atomic E-state index is 12.6. The maximum absolute atomic E-state index is 12.6. The highest BCUT2D eigenvalue weighted by molar-refractivity contribution is 5.95. The number of aromatic nitrogens is 2. The van der Waals surface area contributed by atoms with Crippen LogP contribution in [0.15, 0.2) is 23.0 Å². The second-order valence-electron chi connectivity index (χ2n) is 7.61. The predicted molar refractivity (Wildman–Crippen MR) is 101 cm³/mol. The lowest BCUT2D eigenvalue weighted by molar-refractivity contribution is -0.118. The fraction of sp³-hybridized carbons (Fsp3) is 0.400. The molecular weight excluding hydrogens is 360 g/mol. The van der Waals surface area contributed by atoms with Gasteiger partial charge in [-0.2, -0.15) is 0 Å². The Morgan fingerprint density at radius 3 is 2.79 bits per heavy atom. The third-order valence-electron chi connectivity index (χ3n) is 5.85. The van der Waals surface area contributed by atoms with E-state index in [0.717, 1.165) is 42.5 Å². The molecule has 28 heavy (non-hydrogen) atoms. The number of amides is 2. The summed E-state index contributed by atoms with van der Waals surface area (Å²) >= 11 is 0. The zero-order chi connectivity index (χ0) is 19.3. The van der Waals surface area contributed by atoms with Gasteiger partial charge in [0.15, 0.2) is 12.4 Å². The molecule has 4 aliphatic rings. The zero-order valence-electron chi connectivity index (χ0n) is 15.2. The highest BCUT2D eigenvalue weighted by Gasteiger charge is 2.36. The minimum atomic E-state index is -0.417. The number of ether oxygens (including phenoxy) is 1. The van der Waals surface area contributed by atoms with E-state index in [1.54, 1.807) is 12.1 Å². The fourth-order valence-electron chi connectivity index (χ4n) is 4.47. The summed E-state index contributed by atoms with van der Waals surface area (Å²) in [6.07, 6.45) is 4.15. The van der Waals surface area contributed by atoms with Crippen LogP contribution in [-0.2, 0) is 11.3 Å². The van der Waals surface area contributed by atoms with E-state index in [9.17, 15) is 14.4 Å². The van der Waals surface area contributed by atoms with Gasteiger partial charge in [0.25, 0.3) is 17.4 Å². The van der Waals surface area contributed by atoms with Crippen molar-refractivity contribution < 1.29 is 14.3 Å². The molecule has 0 unspecified atom stereocenters. The molecule has 0 saturated heterocycles. The topological polar surface area (TPSA) is 113 Å². The minimum Gasteiger partial charge on any atom is -0.482 e. The number of nitrogens with zero attached hydrogens (tertiary/aromatic N) is 1. The first-order chi connectivity index (χ1) is 13.6. The number of hydrogen-bond donors (Lipinski definition) is 3. The first kappa shape index (κ1) is 17.0. The predicted octanol–water partition coefficient (Wildman–Crippen LogP) is 1.79. The third-order valence-corrected chi connectivity index (χ3v) is 5.85. The van der Waals surface area contributed by atoms with Crippen LogP contribution in [0.1, 0.15) is 65.0 Å². The van der Waals surface area contributed by atoms with Gasteiger partial charge in [-0.15, -0.1) is 0 Å². The van der Waals surface area contributed by atoms with Crippen molar-refractivity contribution in [3.63, 3.8) is 0 Å². The summed E-state index contributed by atoms with van der Waals surface area (Å²) in [6, 6.07) is 5.33. The van der Waals surface area contributed by atoms with Gasteiger partial charge in [0.05, 0.1) is 11.4 Å². The van der Waals surface area contributed by atoms with Crippen molar-refractivity contribution in [1.29, 1.82) is 0 Å². The maximum Gasteiger partial charge on any atom is 0.287 e. The highest BCUT2D eigenvalue weighted by atomic mass is 16.5. The zero-order valence-corrected chi connectivity index (χ0v) is 15.2. The normalized spacial score (nSPS) is 21.9. The van der Waals surface area contributed by atoms with E-state index < -0.39 is 5.91 Å². The molecule has 2 bridgehead atoms. The molecule has 2 amide bonds. The number of carbonyl (C=O) groups is 2. The second kappa shape index (κ2) is 6.47. The number of aromatic amines is 1. The SMILES string of the molecule is O=C1COc2ccc(CNC(=O)c3nc4c(c(=O)[nH]3)C3CCC4CC3)cc2N1. The van der Waals surface area contributed by atoms with E-state index in [1.165, 1.54) is 0 Å². The number of nitrogens with one attached hydrogen (secondary N) is 3. The number of fused-ring (bicyclic) bond motifs is 3. The van der Waals surface area contributed by atoms with Crippen molar-refractivity contribution in [2.24, 2.45) is 0 Å². The molecule has 144 valence electrons. The van der Waals surface area contributed by atoms with Crippen LogP contribution >= 0.6 is 0 Å². The molecule has 1 aromatic heterocycles. The Kier molecular flexibility index (Phi) is 3.92. The lowest BCUT2D eigenvalue weighted by atomic mass is 9.69. The van der Waals surface area contributed by atoms with Gasteiger partial charge in [0.2, 0.25) is 0 Å². The Morgan fingerprint density at radius 2 is 1.96 bits per heavy atom. The highest BCUT2D eigenvalue weighted by Crippen LogP contribution is 2.46. The van der Waals surface area contributed by atoms with Gasteiger partial charge in [0.1, 0.15) is 5.75 Å². The van der Waals surface area contributed by atoms with Crippen LogP contribution in [-0.4, -0.2) is 28.4 Å². The van der Waals surface area contributed by atoms with E-state index in [1.807, 2.05) is 6.07 Å². The molecule has 2 aromatic rings. The minimum absolute atomic E-state index is 0.00228. The molecule has 3 N–H and O–H groups in total. The Bertz CT molecular complexity index is 1040. The summed E-state index contributed by atoms with van der Waals surface area (Å²) in [6.45, 7) is 0.247. The van der Waals surface area contributed by atoms with Gasteiger partial charge in [-0.05, 0) is 49.3 Å². The Hall–Kier alpha value is -3.16. The number of rotatable bonds is 3. The van der Waals surface area contributed by atoms with Crippen molar-refractivity contribution in [3.05, 3.63) is 51.2 Å². The number of benzene rings is 1. The van der Waals surface area contributed by atoms with Crippen LogP contribution in [0.4, 0.5) is 5.69 Å². The Morgan fingerprint density at radius 1 is 1.18 bits per heavy atom. The average Bonchev–Trinajstić information content (AvgIpc) is 2.72. The molecule has 1 fully saturated rings. The van der Waals surface area contributed by atoms with Crippen molar-refractivity contribution in [2.45, 2.75) is 44.1 Å². The van der Waals surface area contributed by atoms with Gasteiger partial charge in [-0.1, -0.05) is 6.07 Å². The van der Waals surface area contributed by atoms with Crippen LogP contribution < -0.4 is 20.9 Å². The quantitative estimate of drug-likeness (QED) is 0.751. The summed E-state index contributed by atoms with van der Waals surface area (Å²) in [7, 11) is 0. The van der Waals surface area contributed by atoms with Crippen LogP contribution in [0.2, 0.25) is 0 Å². The van der Waals surface area contributed by atoms with E-state index in [0.29, 0.717) is 11.4 Å². The van der Waals surface area contributed by atoms with Crippen LogP contribution in [0.5, 0.6) is 5.75 Å². The van der Waals surface area contributed by atoms with E-state index in [4.69, 9.17) is 4.74 Å². The molecule has 1 saturated carbocycles. The van der Waals surface area contributed by atoms with E-state index in [2.05, 4.69) is 20.6 Å². The fourth-order valence-corrected chi connectivity index (χ4v) is 4.47. The first-order valence-electron chi connectivity index (χ1n) is 9.56. The Balaban J connectivity index is 1.34. The first-order valence-corrected chi connectivity index (χ1v) is 9.56. The van der Waals surface area contributed by atoms with Crippen molar-refractivity contribution in [2.75, 3.05) is 11.9 Å². The van der Waals surface area contributed by atoms with Crippen molar-refractivity contribution in [3.8, 4) is 5.75 Å². The summed E-state index contributed by atoms with van der Waals surface area (Å²) in [5, 5.41) is 5.53. The lowest BCUT2D eigenvalue weighted by Gasteiger charge is -2.36. The standard InChI is InChI=1S/C20H20N4O4/c25-15-9-28-14-6-1-10(7-13(14)22-15)8-21-20(27)18-23-17-12-4-2-11(3-5-12)16(17)19(26)24-18/h1,6-7,11-12H,2-5,8-9H2,(H,21,27)(H,22,25)(H,23,24,26). The molecule has 8 heteroatoms. The number of H-pyrrole nitrogens is 1. The largest absolute Gasteiger partial charge is 0.482 e. The van der Waals surface area contributed by atoms with Crippen LogP contribution in [0.3, 0.4) is 0 Å². The molecule has 1 aromatic carbocycles. The molecule has 8 nitrogen and oxygen atoms in total. The van der Waals surface area contributed by atoms with Crippen LogP contribution in [0.25, 0.3) is 0 Å². The van der Waals surface area contributed by atoms with Gasteiger partial charge < -0.3 is 20.4 Å². The molecule has 0 spiro atoms. The monoisotopic (exact) mass is 380 g/mol. The molecule has 2 heterocycles. The molecule has 6 rings (SSSR count). The molecular formula is C20H20N4O4. The van der Waals surface area contributed by atoms with Crippen molar-refractivity contribution in [1.82, 2.24) is 15.3 Å². The van der Waals surface area contributed by atoms with E-state index >= 15 is 0 Å². The average molecular weight is 380 g/mol. The lowest BCUT2D eigenvalue weighted by Crippen LogP contribution is -2.35. The molecule has 0 radical (unpaired) electrons. The van der Waals surface area contributed by atoms with Crippen LogP contribution in [0, 0.1) is 0 Å². The molecule has 0 atom stereocenters. The number of anilines is 1. The third kappa shape index (κ3) is 2.85. The Labute approximate surface area is 160 Å². The smallest absolute Gasteiger partial charge is 0.287 e. The van der Waals surface area contributed by atoms with Gasteiger partial charge in [0, 0.05) is 18.0 Å². The summed E-state index contributed by atoms with van der Waals surface area (Å²) in [4.78, 5) is 43.7. The van der Waals surface area contributed by atoms with Gasteiger partial charge in [-0.3, -0.25) is 14.4 Å². The number of carbonyl (C=O) groups excluding carboxylic acids is 2. The number of hydrogen-bond acceptors (Lipinski definition) is 5. The summed E-state index contributed by atoms with van der Waals surface area (Å²) in [5.41, 5.74) is 2.80. The second-order valence-corrected chi connectivity index (χ2v) is 7.61. The summed E-state index contributed by atoms with van der Waals surface area (Å²) in [5.74, 6) is 0.605. The molecule has 1 aliphatic heterocycles. The van der Waals surface area contributed by atoms with Gasteiger partial charge in [-0.25, -0.2) is 4.98 Å². The van der Waals surface area contributed by atoms with Gasteiger partial charge >= 0.3 is 0 Å².